The van der Waals surface area contributed by atoms with E-state index in [2.05, 4.69) is 16.5 Å². The Hall–Kier alpha value is -1.83. The molecule has 0 bridgehead atoms. The number of aryl methyl sites for hydroxylation is 2. The van der Waals surface area contributed by atoms with Gasteiger partial charge in [0.25, 0.3) is 0 Å². The minimum Gasteiger partial charge on any atom is -0.361 e. The van der Waals surface area contributed by atoms with Crippen LogP contribution in [-0.4, -0.2) is 11.1 Å². The van der Waals surface area contributed by atoms with E-state index in [9.17, 15) is 10.1 Å². The van der Waals surface area contributed by atoms with E-state index in [0.717, 1.165) is 30.5 Å². The number of nitrogens with zero attached hydrogens (tertiary/aromatic N) is 2. The lowest BCUT2D eigenvalue weighted by Crippen LogP contribution is -2.41. The molecule has 1 aromatic heterocycles. The second-order valence-electron chi connectivity index (χ2n) is 5.24. The van der Waals surface area contributed by atoms with E-state index >= 15 is 0 Å². The molecule has 5 nitrogen and oxygen atoms in total. The summed E-state index contributed by atoms with van der Waals surface area (Å²) in [5, 5.41) is 16.1. The summed E-state index contributed by atoms with van der Waals surface area (Å²) >= 11 is 0. The molecule has 1 fully saturated rings. The number of nitriles is 1. The maximum absolute atomic E-state index is 12.3. The molecule has 102 valence electrons. The van der Waals surface area contributed by atoms with Gasteiger partial charge in [0.15, 0.2) is 0 Å². The number of carbonyl (C=O) groups excluding carboxylic acids is 1. The first-order valence-corrected chi connectivity index (χ1v) is 6.70. The van der Waals surface area contributed by atoms with Crippen molar-refractivity contribution in [1.82, 2.24) is 10.5 Å². The highest BCUT2D eigenvalue weighted by Gasteiger charge is 2.39. The molecule has 0 radical (unpaired) electrons. The SMILES string of the molecule is Cc1noc(C)c1CNC(=O)C1(C#N)CCCCC1. The monoisotopic (exact) mass is 261 g/mol. The molecule has 0 saturated heterocycles. The standard InChI is InChI=1S/C14H19N3O2/c1-10-12(11(2)19-17-10)8-16-13(18)14(9-15)6-4-3-5-7-14/h3-8H2,1-2H3,(H,16,18). The van der Waals surface area contributed by atoms with Gasteiger partial charge in [0.05, 0.1) is 11.8 Å². The van der Waals surface area contributed by atoms with Crippen molar-refractivity contribution in [3.05, 3.63) is 17.0 Å². The Kier molecular flexibility index (Phi) is 3.89. The molecule has 2 rings (SSSR count). The predicted molar refractivity (Wildman–Crippen MR) is 69.0 cm³/mol. The van der Waals surface area contributed by atoms with Gasteiger partial charge in [-0.3, -0.25) is 4.79 Å². The molecule has 0 aliphatic heterocycles. The Bertz CT molecular complexity index is 488. The molecular weight excluding hydrogens is 242 g/mol. The molecule has 0 spiro atoms. The van der Waals surface area contributed by atoms with Crippen molar-refractivity contribution in [3.63, 3.8) is 0 Å². The number of carbonyl (C=O) groups is 1. The Labute approximate surface area is 113 Å². The quantitative estimate of drug-likeness (QED) is 0.906. The molecule has 0 aromatic carbocycles. The van der Waals surface area contributed by atoms with Crippen molar-refractivity contribution < 1.29 is 9.32 Å². The molecule has 0 atom stereocenters. The normalized spacial score (nSPS) is 17.7. The second kappa shape index (κ2) is 5.43. The first kappa shape index (κ1) is 13.6. The van der Waals surface area contributed by atoms with Crippen molar-refractivity contribution in [2.24, 2.45) is 5.41 Å². The van der Waals surface area contributed by atoms with Gasteiger partial charge in [0, 0.05) is 12.1 Å². The van der Waals surface area contributed by atoms with Crippen LogP contribution in [0.15, 0.2) is 4.52 Å². The van der Waals surface area contributed by atoms with Crippen LogP contribution >= 0.6 is 0 Å². The second-order valence-corrected chi connectivity index (χ2v) is 5.24. The zero-order chi connectivity index (χ0) is 13.9. The number of aromatic nitrogens is 1. The van der Waals surface area contributed by atoms with Crippen LogP contribution in [-0.2, 0) is 11.3 Å². The predicted octanol–water partition coefficient (Wildman–Crippen LogP) is 2.38. The smallest absolute Gasteiger partial charge is 0.240 e. The van der Waals surface area contributed by atoms with Crippen LogP contribution in [0.25, 0.3) is 0 Å². The lowest BCUT2D eigenvalue weighted by molar-refractivity contribution is -0.129. The summed E-state index contributed by atoms with van der Waals surface area (Å²) < 4.78 is 5.06. The van der Waals surface area contributed by atoms with Crippen LogP contribution in [0.1, 0.15) is 49.1 Å². The van der Waals surface area contributed by atoms with Crippen LogP contribution < -0.4 is 5.32 Å². The molecule has 1 aliphatic rings. The molecule has 1 amide bonds. The Morgan fingerprint density at radius 3 is 2.63 bits per heavy atom. The number of hydrogen-bond acceptors (Lipinski definition) is 4. The van der Waals surface area contributed by atoms with Gasteiger partial charge in [-0.15, -0.1) is 0 Å². The zero-order valence-corrected chi connectivity index (χ0v) is 11.5. The van der Waals surface area contributed by atoms with Gasteiger partial charge in [0.1, 0.15) is 11.2 Å². The summed E-state index contributed by atoms with van der Waals surface area (Å²) in [4.78, 5) is 12.3. The van der Waals surface area contributed by atoms with E-state index in [1.807, 2.05) is 13.8 Å². The number of rotatable bonds is 3. The summed E-state index contributed by atoms with van der Waals surface area (Å²) in [6.07, 6.45) is 4.34. The fourth-order valence-electron chi connectivity index (χ4n) is 2.64. The van der Waals surface area contributed by atoms with Gasteiger partial charge in [-0.05, 0) is 26.7 Å². The van der Waals surface area contributed by atoms with E-state index in [0.29, 0.717) is 25.1 Å². The van der Waals surface area contributed by atoms with E-state index in [1.54, 1.807) is 0 Å². The van der Waals surface area contributed by atoms with Gasteiger partial charge in [-0.2, -0.15) is 5.26 Å². The van der Waals surface area contributed by atoms with Gasteiger partial charge in [-0.25, -0.2) is 0 Å². The van der Waals surface area contributed by atoms with Gasteiger partial charge < -0.3 is 9.84 Å². The maximum Gasteiger partial charge on any atom is 0.240 e. The van der Waals surface area contributed by atoms with E-state index in [4.69, 9.17) is 4.52 Å². The van der Waals surface area contributed by atoms with Gasteiger partial charge >= 0.3 is 0 Å². The fraction of sp³-hybridized carbons (Fsp3) is 0.643. The van der Waals surface area contributed by atoms with Crippen molar-refractivity contribution in [3.8, 4) is 6.07 Å². The summed E-state index contributed by atoms with van der Waals surface area (Å²) in [5.74, 6) is 0.558. The number of nitrogens with one attached hydrogen (secondary N) is 1. The maximum atomic E-state index is 12.3. The Morgan fingerprint density at radius 2 is 2.11 bits per heavy atom. The minimum atomic E-state index is -0.836. The molecular formula is C14H19N3O2. The summed E-state index contributed by atoms with van der Waals surface area (Å²) in [6.45, 7) is 4.05. The highest BCUT2D eigenvalue weighted by molar-refractivity contribution is 5.85. The minimum absolute atomic E-state index is 0.158. The topological polar surface area (TPSA) is 78.9 Å². The lowest BCUT2D eigenvalue weighted by atomic mass is 9.74. The fourth-order valence-corrected chi connectivity index (χ4v) is 2.64. The van der Waals surface area contributed by atoms with Crippen molar-refractivity contribution in [2.45, 2.75) is 52.5 Å². The highest BCUT2D eigenvalue weighted by atomic mass is 16.5. The Balaban J connectivity index is 2.03. The Morgan fingerprint density at radius 1 is 1.42 bits per heavy atom. The summed E-state index contributed by atoms with van der Waals surface area (Å²) in [6, 6.07) is 2.23. The summed E-state index contributed by atoms with van der Waals surface area (Å²) in [5.41, 5.74) is 0.849. The molecule has 0 unspecified atom stereocenters. The third-order valence-electron chi connectivity index (χ3n) is 3.96. The van der Waals surface area contributed by atoms with Crippen LogP contribution in [0.3, 0.4) is 0 Å². The molecule has 1 heterocycles. The van der Waals surface area contributed by atoms with E-state index in [-0.39, 0.29) is 5.91 Å². The molecule has 1 saturated carbocycles. The number of hydrogen-bond donors (Lipinski definition) is 1. The summed E-state index contributed by atoms with van der Waals surface area (Å²) in [7, 11) is 0. The van der Waals surface area contributed by atoms with Crippen molar-refractivity contribution in [1.29, 1.82) is 5.26 Å². The van der Waals surface area contributed by atoms with Gasteiger partial charge in [-0.1, -0.05) is 24.4 Å². The van der Waals surface area contributed by atoms with Crippen LogP contribution in [0.2, 0.25) is 0 Å². The molecule has 5 heteroatoms. The van der Waals surface area contributed by atoms with Crippen molar-refractivity contribution >= 4 is 5.91 Å². The first-order valence-electron chi connectivity index (χ1n) is 6.70. The van der Waals surface area contributed by atoms with Crippen LogP contribution in [0.5, 0.6) is 0 Å². The average Bonchev–Trinajstić information content (AvgIpc) is 2.76. The molecule has 1 aromatic rings. The third kappa shape index (κ3) is 2.62. The van der Waals surface area contributed by atoms with Crippen LogP contribution in [0.4, 0.5) is 0 Å². The zero-order valence-electron chi connectivity index (χ0n) is 11.5. The molecule has 1 N–H and O–H groups in total. The number of amides is 1. The first-order chi connectivity index (χ1) is 9.09. The highest BCUT2D eigenvalue weighted by Crippen LogP contribution is 2.35. The van der Waals surface area contributed by atoms with Crippen LogP contribution in [0, 0.1) is 30.6 Å². The third-order valence-corrected chi connectivity index (χ3v) is 3.96. The van der Waals surface area contributed by atoms with Gasteiger partial charge in [0.2, 0.25) is 5.91 Å². The largest absolute Gasteiger partial charge is 0.361 e. The molecule has 19 heavy (non-hydrogen) atoms. The lowest BCUT2D eigenvalue weighted by Gasteiger charge is -2.29. The van der Waals surface area contributed by atoms with E-state index in [1.165, 1.54) is 0 Å². The van der Waals surface area contributed by atoms with Crippen molar-refractivity contribution in [2.75, 3.05) is 0 Å². The van der Waals surface area contributed by atoms with E-state index < -0.39 is 5.41 Å². The average molecular weight is 261 g/mol. The molecule has 1 aliphatic carbocycles.